The number of benzene rings is 1. The first-order valence-electron chi connectivity index (χ1n) is 10.4. The van der Waals surface area contributed by atoms with Crippen LogP contribution in [0.4, 0.5) is 0 Å². The molecule has 0 unspecified atom stereocenters. The third-order valence-corrected chi connectivity index (χ3v) is 6.23. The van der Waals surface area contributed by atoms with Crippen LogP contribution >= 0.6 is 0 Å². The van der Waals surface area contributed by atoms with Crippen molar-refractivity contribution in [1.29, 1.82) is 0 Å². The molecule has 0 aliphatic carbocycles. The van der Waals surface area contributed by atoms with Crippen molar-refractivity contribution in [1.82, 2.24) is 0 Å². The van der Waals surface area contributed by atoms with Crippen molar-refractivity contribution >= 4 is 0 Å². The molecule has 0 saturated carbocycles. The lowest BCUT2D eigenvalue weighted by atomic mass is 9.67. The second-order valence-electron chi connectivity index (χ2n) is 8.91. The number of nitrogens with one attached hydrogen (secondary N) is 1. The van der Waals surface area contributed by atoms with Gasteiger partial charge in [-0.3, -0.25) is 0 Å². The highest BCUT2D eigenvalue weighted by Crippen LogP contribution is 2.43. The van der Waals surface area contributed by atoms with Crippen LogP contribution in [0.25, 0.3) is 0 Å². The standard InChI is InChI=1S/C22H36N2O2/c1-19-4-6-20(7-5-19)22(9-15-26-21(2,3)18-22)8-10-23-11-12-24-13-16-25-17-14-24/h4-7,23H,8-18H2,1-3H3/p+2/t22-/m1/s1. The number of morpholine rings is 1. The zero-order valence-electron chi connectivity index (χ0n) is 17.0. The molecule has 146 valence electrons. The van der Waals surface area contributed by atoms with Gasteiger partial charge in [-0.25, -0.2) is 0 Å². The van der Waals surface area contributed by atoms with Crippen molar-refractivity contribution in [3.05, 3.63) is 35.4 Å². The second kappa shape index (κ2) is 8.83. The molecule has 2 heterocycles. The molecule has 1 aromatic carbocycles. The van der Waals surface area contributed by atoms with E-state index in [4.69, 9.17) is 9.47 Å². The van der Waals surface area contributed by atoms with Crippen molar-refractivity contribution in [2.75, 3.05) is 52.5 Å². The van der Waals surface area contributed by atoms with Gasteiger partial charge >= 0.3 is 0 Å². The Morgan fingerprint density at radius 3 is 2.46 bits per heavy atom. The van der Waals surface area contributed by atoms with E-state index in [1.807, 2.05) is 0 Å². The second-order valence-corrected chi connectivity index (χ2v) is 8.91. The summed E-state index contributed by atoms with van der Waals surface area (Å²) in [4.78, 5) is 1.70. The molecule has 2 saturated heterocycles. The Balaban J connectivity index is 1.56. The van der Waals surface area contributed by atoms with Gasteiger partial charge in [0, 0.05) is 18.4 Å². The van der Waals surface area contributed by atoms with Crippen molar-refractivity contribution in [3.63, 3.8) is 0 Å². The molecule has 0 aromatic heterocycles. The van der Waals surface area contributed by atoms with Crippen LogP contribution in [0.2, 0.25) is 0 Å². The minimum absolute atomic E-state index is 0.0267. The molecule has 3 rings (SSSR count). The molecule has 0 amide bonds. The first-order chi connectivity index (χ1) is 12.5. The Morgan fingerprint density at radius 2 is 1.77 bits per heavy atom. The van der Waals surface area contributed by atoms with Gasteiger partial charge in [-0.15, -0.1) is 0 Å². The fourth-order valence-electron chi connectivity index (χ4n) is 4.73. The molecule has 26 heavy (non-hydrogen) atoms. The van der Waals surface area contributed by atoms with E-state index in [2.05, 4.69) is 50.4 Å². The van der Waals surface area contributed by atoms with Crippen LogP contribution in [0.15, 0.2) is 24.3 Å². The van der Waals surface area contributed by atoms with Gasteiger partial charge in [-0.2, -0.15) is 0 Å². The molecule has 0 spiro atoms. The maximum absolute atomic E-state index is 6.05. The van der Waals surface area contributed by atoms with Gasteiger partial charge in [0.05, 0.1) is 25.4 Å². The Morgan fingerprint density at radius 1 is 1.04 bits per heavy atom. The molecular weight excluding hydrogens is 324 g/mol. The molecular formula is C22H38N2O2+2. The van der Waals surface area contributed by atoms with Crippen molar-refractivity contribution < 1.29 is 19.7 Å². The lowest BCUT2D eigenvalue weighted by Crippen LogP contribution is -3.16. The van der Waals surface area contributed by atoms with Gasteiger partial charge in [0.15, 0.2) is 0 Å². The van der Waals surface area contributed by atoms with E-state index < -0.39 is 0 Å². The summed E-state index contributed by atoms with van der Waals surface area (Å²) in [6, 6.07) is 9.25. The average Bonchev–Trinajstić information content (AvgIpc) is 2.62. The molecule has 1 aromatic rings. The summed E-state index contributed by atoms with van der Waals surface area (Å²) in [6.45, 7) is 15.4. The Kier molecular flexibility index (Phi) is 6.73. The van der Waals surface area contributed by atoms with Crippen LogP contribution in [0.5, 0.6) is 0 Å². The maximum atomic E-state index is 6.05. The average molecular weight is 363 g/mol. The normalized spacial score (nSPS) is 26.7. The third-order valence-electron chi connectivity index (χ3n) is 6.23. The number of aryl methyl sites for hydroxylation is 1. The Hall–Kier alpha value is -0.940. The summed E-state index contributed by atoms with van der Waals surface area (Å²) < 4.78 is 11.5. The zero-order chi connectivity index (χ0) is 18.5. The fraction of sp³-hybridized carbons (Fsp3) is 0.727. The third kappa shape index (κ3) is 5.29. The smallest absolute Gasteiger partial charge is 0.127 e. The summed E-state index contributed by atoms with van der Waals surface area (Å²) in [5.41, 5.74) is 3.08. The van der Waals surface area contributed by atoms with Crippen LogP contribution in [-0.4, -0.2) is 58.1 Å². The Bertz CT molecular complexity index is 552. The van der Waals surface area contributed by atoms with Crippen LogP contribution in [0.1, 0.15) is 44.2 Å². The van der Waals surface area contributed by atoms with Crippen molar-refractivity contribution in [2.24, 2.45) is 0 Å². The van der Waals surface area contributed by atoms with E-state index in [-0.39, 0.29) is 11.0 Å². The first-order valence-corrected chi connectivity index (χ1v) is 10.4. The minimum atomic E-state index is -0.0267. The van der Waals surface area contributed by atoms with Crippen LogP contribution in [0.3, 0.4) is 0 Å². The van der Waals surface area contributed by atoms with Crippen molar-refractivity contribution in [2.45, 2.75) is 51.0 Å². The first kappa shape index (κ1) is 19.8. The lowest BCUT2D eigenvalue weighted by Gasteiger charge is -2.45. The molecule has 2 aliphatic heterocycles. The highest BCUT2D eigenvalue weighted by Gasteiger charge is 2.42. The topological polar surface area (TPSA) is 39.5 Å². The Labute approximate surface area is 159 Å². The molecule has 4 nitrogen and oxygen atoms in total. The van der Waals surface area contributed by atoms with Crippen molar-refractivity contribution in [3.8, 4) is 0 Å². The fourth-order valence-corrected chi connectivity index (χ4v) is 4.73. The molecule has 3 N–H and O–H groups in total. The van der Waals surface area contributed by atoms with Gasteiger partial charge in [0.2, 0.25) is 0 Å². The summed E-state index contributed by atoms with van der Waals surface area (Å²) in [6.07, 6.45) is 3.49. The number of ether oxygens (including phenoxy) is 2. The molecule has 1 atom stereocenters. The molecule has 2 fully saturated rings. The maximum Gasteiger partial charge on any atom is 0.127 e. The van der Waals surface area contributed by atoms with Gasteiger partial charge < -0.3 is 19.7 Å². The minimum Gasteiger partial charge on any atom is -0.376 e. The molecule has 2 aliphatic rings. The van der Waals surface area contributed by atoms with Crippen LogP contribution in [0, 0.1) is 6.92 Å². The number of hydrogen-bond acceptors (Lipinski definition) is 2. The van der Waals surface area contributed by atoms with E-state index in [0.717, 1.165) is 32.7 Å². The molecule has 0 bridgehead atoms. The predicted octanol–water partition coefficient (Wildman–Crippen LogP) is 0.690. The molecule has 0 radical (unpaired) electrons. The summed E-state index contributed by atoms with van der Waals surface area (Å²) in [5.74, 6) is 0. The number of quaternary nitrogens is 2. The predicted molar refractivity (Wildman–Crippen MR) is 105 cm³/mol. The van der Waals surface area contributed by atoms with E-state index in [9.17, 15) is 0 Å². The number of rotatable bonds is 7. The summed E-state index contributed by atoms with van der Waals surface area (Å²) in [7, 11) is 0. The van der Waals surface area contributed by atoms with Gasteiger partial charge in [-0.1, -0.05) is 29.8 Å². The lowest BCUT2D eigenvalue weighted by molar-refractivity contribution is -0.919. The highest BCUT2D eigenvalue weighted by molar-refractivity contribution is 5.30. The number of nitrogens with two attached hydrogens (primary N) is 1. The van der Waals surface area contributed by atoms with Gasteiger partial charge in [-0.05, 0) is 39.2 Å². The van der Waals surface area contributed by atoms with Gasteiger partial charge in [0.25, 0.3) is 0 Å². The highest BCUT2D eigenvalue weighted by atomic mass is 16.5. The van der Waals surface area contributed by atoms with Crippen LogP contribution < -0.4 is 10.2 Å². The number of hydrogen-bond donors (Lipinski definition) is 2. The van der Waals surface area contributed by atoms with E-state index in [0.29, 0.717) is 0 Å². The largest absolute Gasteiger partial charge is 0.376 e. The van der Waals surface area contributed by atoms with Crippen LogP contribution in [-0.2, 0) is 14.9 Å². The van der Waals surface area contributed by atoms with Gasteiger partial charge in [0.1, 0.15) is 26.2 Å². The summed E-state index contributed by atoms with van der Waals surface area (Å²) in [5, 5.41) is 2.53. The monoisotopic (exact) mass is 362 g/mol. The quantitative estimate of drug-likeness (QED) is 0.701. The zero-order valence-corrected chi connectivity index (χ0v) is 17.0. The van der Waals surface area contributed by atoms with E-state index in [1.165, 1.54) is 50.3 Å². The summed E-state index contributed by atoms with van der Waals surface area (Å²) >= 11 is 0. The molecule has 4 heteroatoms. The van der Waals surface area contributed by atoms with E-state index >= 15 is 0 Å². The SMILES string of the molecule is Cc1ccc([C@]2(CC[NH2+]CC[NH+]3CCOCC3)CCOC(C)(C)C2)cc1. The van der Waals surface area contributed by atoms with E-state index in [1.54, 1.807) is 4.90 Å².